The number of anilines is 1. The van der Waals surface area contributed by atoms with Crippen molar-refractivity contribution < 1.29 is 24.6 Å². The molecule has 0 radical (unpaired) electrons. The summed E-state index contributed by atoms with van der Waals surface area (Å²) in [7, 11) is 0. The second-order valence-corrected chi connectivity index (χ2v) is 6.89. The quantitative estimate of drug-likeness (QED) is 0.444. The van der Waals surface area contributed by atoms with Crippen LogP contribution in [-0.4, -0.2) is 22.2 Å². The molecule has 0 aliphatic carbocycles. The van der Waals surface area contributed by atoms with Crippen LogP contribution in [0, 0.1) is 0 Å². The van der Waals surface area contributed by atoms with Gasteiger partial charge in [0.25, 0.3) is 5.91 Å². The van der Waals surface area contributed by atoms with Crippen LogP contribution in [0.2, 0.25) is 0 Å². The predicted octanol–water partition coefficient (Wildman–Crippen LogP) is 3.65. The van der Waals surface area contributed by atoms with E-state index in [1.165, 1.54) is 35.9 Å². The number of carbonyl (C=O) groups is 2. The van der Waals surface area contributed by atoms with Gasteiger partial charge in [0.2, 0.25) is 12.4 Å². The highest BCUT2D eigenvalue weighted by Crippen LogP contribution is 2.36. The Hall–Kier alpha value is -2.71. The van der Waals surface area contributed by atoms with Crippen LogP contribution in [-0.2, 0) is 0 Å². The maximum atomic E-state index is 12.3. The molecular weight excluding hydrogens is 408 g/mol. The Labute approximate surface area is 155 Å². The van der Waals surface area contributed by atoms with Crippen molar-refractivity contribution in [1.82, 2.24) is 0 Å². The molecule has 3 N–H and O–H groups in total. The van der Waals surface area contributed by atoms with Crippen molar-refractivity contribution >= 4 is 44.8 Å². The van der Waals surface area contributed by atoms with Gasteiger partial charge >= 0.3 is 5.97 Å². The van der Waals surface area contributed by atoms with E-state index in [9.17, 15) is 19.9 Å². The number of carboxylic acid groups (broad SMARTS) is 1. The van der Waals surface area contributed by atoms with Crippen LogP contribution in [0.1, 0.15) is 20.7 Å². The Morgan fingerprint density at radius 2 is 1.88 bits per heavy atom. The highest BCUT2D eigenvalue weighted by molar-refractivity contribution is 9.10. The number of nitrogens with one attached hydrogen (secondary N) is 1. The zero-order valence-electron chi connectivity index (χ0n) is 12.6. The van der Waals surface area contributed by atoms with Crippen molar-refractivity contribution in [3.8, 4) is 10.4 Å². The van der Waals surface area contributed by atoms with E-state index in [2.05, 4.69) is 21.2 Å². The summed E-state index contributed by atoms with van der Waals surface area (Å²) in [6, 6.07) is 10.3. The maximum Gasteiger partial charge on any atom is 0.339 e. The molecule has 0 fully saturated rings. The number of nitrogens with zero attached hydrogens (tertiary/aromatic N) is 1. The molecule has 6 nitrogen and oxygen atoms in total. The zero-order chi connectivity index (χ0) is 18.0. The monoisotopic (exact) mass is 419 g/mol. The average molecular weight is 420 g/mol. The van der Waals surface area contributed by atoms with Crippen molar-refractivity contribution in [2.75, 3.05) is 5.32 Å². The second kappa shape index (κ2) is 7.04. The average Bonchev–Trinajstić information content (AvgIpc) is 2.99. The predicted molar refractivity (Wildman–Crippen MR) is 96.2 cm³/mol. The Morgan fingerprint density at radius 1 is 1.16 bits per heavy atom. The number of thiophene rings is 1. The van der Waals surface area contributed by atoms with E-state index in [-0.39, 0.29) is 16.8 Å². The molecule has 0 atom stereocenters. The van der Waals surface area contributed by atoms with Crippen molar-refractivity contribution in [2.24, 2.45) is 0 Å². The van der Waals surface area contributed by atoms with Crippen LogP contribution in [0.3, 0.4) is 0 Å². The topological polar surface area (TPSA) is 90.5 Å². The van der Waals surface area contributed by atoms with Gasteiger partial charge in [-0.05, 0) is 23.8 Å². The number of aromatic carboxylic acids is 1. The zero-order valence-corrected chi connectivity index (χ0v) is 15.0. The van der Waals surface area contributed by atoms with Gasteiger partial charge in [-0.25, -0.2) is 4.79 Å². The molecular formula is C17H12BrN2O4S+. The molecule has 3 rings (SSSR count). The maximum absolute atomic E-state index is 12.3. The lowest BCUT2D eigenvalue weighted by atomic mass is 10.1. The normalized spacial score (nSPS) is 10.4. The molecule has 126 valence electrons. The van der Waals surface area contributed by atoms with E-state index >= 15 is 0 Å². The van der Waals surface area contributed by atoms with Crippen molar-refractivity contribution in [2.45, 2.75) is 0 Å². The summed E-state index contributed by atoms with van der Waals surface area (Å²) in [6.45, 7) is 0. The molecule has 0 saturated heterocycles. The molecule has 25 heavy (non-hydrogen) atoms. The van der Waals surface area contributed by atoms with Crippen molar-refractivity contribution in [3.63, 3.8) is 0 Å². The van der Waals surface area contributed by atoms with Crippen LogP contribution in [0.5, 0.6) is 0 Å². The van der Waals surface area contributed by atoms with Crippen molar-refractivity contribution in [1.29, 1.82) is 0 Å². The number of halogens is 1. The molecule has 0 spiro atoms. The van der Waals surface area contributed by atoms with Gasteiger partial charge in [0.05, 0.1) is 10.6 Å². The number of carbonyl (C=O) groups excluding carboxylic acids is 1. The van der Waals surface area contributed by atoms with Crippen LogP contribution in [0.25, 0.3) is 10.4 Å². The highest BCUT2D eigenvalue weighted by Gasteiger charge is 2.22. The third-order valence-electron chi connectivity index (χ3n) is 3.41. The fraction of sp³-hybridized carbons (Fsp3) is 0. The SMILES string of the molecule is O=C(Nc1csc(-c2ccc(Br)cc2)c1C(=O)O)c1ccc[n+](O)c1. The molecule has 1 amide bonds. The number of pyridine rings is 1. The highest BCUT2D eigenvalue weighted by atomic mass is 79.9. The summed E-state index contributed by atoms with van der Waals surface area (Å²) in [5.41, 5.74) is 1.21. The van der Waals surface area contributed by atoms with Crippen LogP contribution in [0.4, 0.5) is 5.69 Å². The van der Waals surface area contributed by atoms with Gasteiger partial charge in [-0.3, -0.25) is 10.0 Å². The molecule has 2 heterocycles. The molecule has 0 aliphatic heterocycles. The van der Waals surface area contributed by atoms with Crippen LogP contribution < -0.4 is 10.0 Å². The van der Waals surface area contributed by atoms with E-state index in [1.807, 2.05) is 12.1 Å². The Kier molecular flexibility index (Phi) is 4.82. The van der Waals surface area contributed by atoms with Gasteiger partial charge in [0.1, 0.15) is 11.1 Å². The van der Waals surface area contributed by atoms with Crippen LogP contribution in [0.15, 0.2) is 58.6 Å². The summed E-state index contributed by atoms with van der Waals surface area (Å²) in [5, 5.41) is 23.2. The van der Waals surface area contributed by atoms with E-state index in [0.717, 1.165) is 14.8 Å². The molecule has 1 aromatic carbocycles. The van der Waals surface area contributed by atoms with Gasteiger partial charge in [-0.2, -0.15) is 0 Å². The minimum absolute atomic E-state index is 0.0356. The molecule has 0 saturated carbocycles. The number of carboxylic acids is 1. The molecule has 0 unspecified atom stereocenters. The lowest BCUT2D eigenvalue weighted by Crippen LogP contribution is -2.30. The number of hydrogen-bond acceptors (Lipinski definition) is 4. The van der Waals surface area contributed by atoms with E-state index < -0.39 is 11.9 Å². The molecule has 0 aliphatic rings. The summed E-state index contributed by atoms with van der Waals surface area (Å²) in [6.07, 6.45) is 2.60. The van der Waals surface area contributed by atoms with E-state index in [0.29, 0.717) is 4.88 Å². The van der Waals surface area contributed by atoms with Crippen molar-refractivity contribution in [3.05, 3.63) is 69.8 Å². The number of rotatable bonds is 4. The van der Waals surface area contributed by atoms with E-state index in [4.69, 9.17) is 0 Å². The number of aromatic nitrogens is 1. The summed E-state index contributed by atoms with van der Waals surface area (Å²) in [5.74, 6) is -1.63. The summed E-state index contributed by atoms with van der Waals surface area (Å²) in [4.78, 5) is 24.6. The second-order valence-electron chi connectivity index (χ2n) is 5.09. The molecule has 3 aromatic rings. The van der Waals surface area contributed by atoms with Crippen LogP contribution >= 0.6 is 27.3 Å². The fourth-order valence-electron chi connectivity index (χ4n) is 2.27. The van der Waals surface area contributed by atoms with Gasteiger partial charge < -0.3 is 10.4 Å². The van der Waals surface area contributed by atoms with Gasteiger partial charge in [0.15, 0.2) is 0 Å². The van der Waals surface area contributed by atoms with E-state index in [1.54, 1.807) is 17.5 Å². The first-order chi connectivity index (χ1) is 12.0. The fourth-order valence-corrected chi connectivity index (χ4v) is 3.53. The molecule has 8 heteroatoms. The number of amides is 1. The smallest absolute Gasteiger partial charge is 0.339 e. The Morgan fingerprint density at radius 3 is 2.52 bits per heavy atom. The summed E-state index contributed by atoms with van der Waals surface area (Å²) >= 11 is 4.58. The first-order valence-electron chi connectivity index (χ1n) is 7.08. The van der Waals surface area contributed by atoms with Gasteiger partial charge in [0, 0.05) is 20.6 Å². The van der Waals surface area contributed by atoms with Gasteiger partial charge in [-0.15, -0.1) is 11.3 Å². The Balaban J connectivity index is 1.96. The lowest BCUT2D eigenvalue weighted by Gasteiger charge is -2.05. The summed E-state index contributed by atoms with van der Waals surface area (Å²) < 4.78 is 1.65. The first kappa shape index (κ1) is 17.1. The third kappa shape index (κ3) is 3.70. The van der Waals surface area contributed by atoms with Gasteiger partial charge in [-0.1, -0.05) is 28.1 Å². The third-order valence-corrected chi connectivity index (χ3v) is 4.97. The first-order valence-corrected chi connectivity index (χ1v) is 8.75. The molecule has 0 bridgehead atoms. The number of hydrogen-bond donors (Lipinski definition) is 3. The Bertz CT molecular complexity index is 954. The lowest BCUT2D eigenvalue weighted by molar-refractivity contribution is -0.904. The minimum atomic E-state index is -1.13. The minimum Gasteiger partial charge on any atom is -0.478 e. The standard InChI is InChI=1S/C17H11BrN2O4S/c18-12-5-3-10(4-6-12)15-14(17(22)23)13(9-25-15)19-16(21)11-2-1-7-20(24)8-11/h1-9H,(H2-,19,21,22,23,24)/p+1. The number of benzene rings is 1. The largest absolute Gasteiger partial charge is 0.478 e. The molecule has 2 aromatic heterocycles.